The number of carboxylic acids is 1. The largest absolute Gasteiger partial charge is 0.490 e. The lowest BCUT2D eigenvalue weighted by molar-refractivity contribution is -0.147. The molecule has 1 aromatic carbocycles. The molecule has 1 aromatic rings. The van der Waals surface area contributed by atoms with Crippen LogP contribution in [0.2, 0.25) is 0 Å². The zero-order chi connectivity index (χ0) is 14.6. The Morgan fingerprint density at radius 3 is 2.42 bits per heavy atom. The first-order valence-corrected chi connectivity index (χ1v) is 5.46. The normalized spacial score (nSPS) is 10.1. The number of aliphatic carboxylic acids is 1. The van der Waals surface area contributed by atoms with Crippen LogP contribution in [-0.4, -0.2) is 29.0 Å². The summed E-state index contributed by atoms with van der Waals surface area (Å²) in [7, 11) is 0. The van der Waals surface area contributed by atoms with Crippen molar-refractivity contribution >= 4 is 23.5 Å². The molecule has 0 aliphatic heterocycles. The van der Waals surface area contributed by atoms with Gasteiger partial charge in [0.25, 0.3) is 5.91 Å². The summed E-state index contributed by atoms with van der Waals surface area (Å²) in [5, 5.41) is 10.6. The molecule has 0 bridgehead atoms. The zero-order valence-corrected chi connectivity index (χ0v) is 10.5. The van der Waals surface area contributed by atoms with Crippen molar-refractivity contribution in [3.05, 3.63) is 23.8 Å². The number of amides is 2. The molecule has 7 heteroatoms. The first kappa shape index (κ1) is 14.5. The summed E-state index contributed by atoms with van der Waals surface area (Å²) in [4.78, 5) is 33.0. The van der Waals surface area contributed by atoms with Crippen LogP contribution >= 0.6 is 0 Å². The molecule has 0 saturated carbocycles. The van der Waals surface area contributed by atoms with Crippen molar-refractivity contribution in [2.24, 2.45) is 5.73 Å². The first-order chi connectivity index (χ1) is 8.82. The van der Waals surface area contributed by atoms with Gasteiger partial charge in [0.2, 0.25) is 0 Å². The number of primary amides is 1. The van der Waals surface area contributed by atoms with E-state index >= 15 is 0 Å². The minimum Gasteiger partial charge on any atom is -0.490 e. The Bertz CT molecular complexity index is 525. The molecule has 0 radical (unpaired) electrons. The fourth-order valence-electron chi connectivity index (χ4n) is 1.42. The van der Waals surface area contributed by atoms with Gasteiger partial charge >= 0.3 is 11.9 Å². The molecule has 2 amide bonds. The fourth-order valence-corrected chi connectivity index (χ4v) is 1.42. The molecule has 102 valence electrons. The van der Waals surface area contributed by atoms with E-state index in [-0.39, 0.29) is 23.1 Å². The molecule has 4 N–H and O–H groups in total. The Kier molecular flexibility index (Phi) is 4.46. The molecule has 0 unspecified atom stereocenters. The van der Waals surface area contributed by atoms with E-state index < -0.39 is 17.8 Å². The van der Waals surface area contributed by atoms with E-state index in [0.29, 0.717) is 0 Å². The molecule has 0 spiro atoms. The summed E-state index contributed by atoms with van der Waals surface area (Å²) in [6.45, 7) is 3.51. The predicted molar refractivity (Wildman–Crippen MR) is 67.0 cm³/mol. The van der Waals surface area contributed by atoms with E-state index in [0.717, 1.165) is 0 Å². The SMILES string of the molecule is CC(C)Oc1cccc(NC(=O)C(=O)O)c1C(N)=O. The van der Waals surface area contributed by atoms with Gasteiger partial charge in [0.15, 0.2) is 0 Å². The standard InChI is InChI=1S/C12H14N2O5/c1-6(2)19-8-5-3-4-7(9(8)10(13)15)14-11(16)12(17)18/h3-6H,1-2H3,(H2,13,15)(H,14,16)(H,17,18). The average molecular weight is 266 g/mol. The van der Waals surface area contributed by atoms with E-state index in [1.165, 1.54) is 18.2 Å². The Labute approximate surface area is 109 Å². The van der Waals surface area contributed by atoms with Crippen molar-refractivity contribution in [2.45, 2.75) is 20.0 Å². The topological polar surface area (TPSA) is 119 Å². The highest BCUT2D eigenvalue weighted by atomic mass is 16.5. The minimum absolute atomic E-state index is 0.00181. The van der Waals surface area contributed by atoms with Gasteiger partial charge in [0.1, 0.15) is 11.3 Å². The van der Waals surface area contributed by atoms with Crippen molar-refractivity contribution in [2.75, 3.05) is 5.32 Å². The van der Waals surface area contributed by atoms with E-state index in [9.17, 15) is 14.4 Å². The lowest BCUT2D eigenvalue weighted by Crippen LogP contribution is -2.25. The fraction of sp³-hybridized carbons (Fsp3) is 0.250. The number of ether oxygens (including phenoxy) is 1. The number of carboxylic acid groups (broad SMARTS) is 1. The van der Waals surface area contributed by atoms with Crippen LogP contribution in [-0.2, 0) is 9.59 Å². The molecule has 0 aromatic heterocycles. The van der Waals surface area contributed by atoms with Gasteiger partial charge in [0, 0.05) is 0 Å². The van der Waals surface area contributed by atoms with Crippen LogP contribution in [0.25, 0.3) is 0 Å². The number of anilines is 1. The molecule has 1 rings (SSSR count). The summed E-state index contributed by atoms with van der Waals surface area (Å²) in [6.07, 6.45) is -0.205. The highest BCUT2D eigenvalue weighted by molar-refractivity contribution is 6.36. The van der Waals surface area contributed by atoms with Gasteiger partial charge in [0.05, 0.1) is 11.8 Å². The maximum Gasteiger partial charge on any atom is 0.394 e. The molecular formula is C12H14N2O5. The van der Waals surface area contributed by atoms with E-state index in [1.807, 2.05) is 0 Å². The monoisotopic (exact) mass is 266 g/mol. The van der Waals surface area contributed by atoms with E-state index in [2.05, 4.69) is 5.32 Å². The van der Waals surface area contributed by atoms with Crippen LogP contribution in [0.5, 0.6) is 5.75 Å². The van der Waals surface area contributed by atoms with Gasteiger partial charge in [-0.2, -0.15) is 0 Å². The van der Waals surface area contributed by atoms with Crippen LogP contribution in [0.15, 0.2) is 18.2 Å². The number of hydrogen-bond acceptors (Lipinski definition) is 4. The average Bonchev–Trinajstić information content (AvgIpc) is 2.27. The van der Waals surface area contributed by atoms with Crippen molar-refractivity contribution < 1.29 is 24.2 Å². The zero-order valence-electron chi connectivity index (χ0n) is 10.5. The van der Waals surface area contributed by atoms with Crippen LogP contribution in [0, 0.1) is 0 Å². The summed E-state index contributed by atoms with van der Waals surface area (Å²) < 4.78 is 5.39. The maximum absolute atomic E-state index is 11.4. The number of nitrogens with two attached hydrogens (primary N) is 1. The number of carbonyl (C=O) groups is 3. The van der Waals surface area contributed by atoms with Gasteiger partial charge < -0.3 is 20.9 Å². The van der Waals surface area contributed by atoms with Crippen LogP contribution in [0.4, 0.5) is 5.69 Å². The lowest BCUT2D eigenvalue weighted by atomic mass is 10.1. The Balaban J connectivity index is 3.20. The van der Waals surface area contributed by atoms with Crippen molar-refractivity contribution in [1.82, 2.24) is 0 Å². The van der Waals surface area contributed by atoms with Crippen LogP contribution < -0.4 is 15.8 Å². The van der Waals surface area contributed by atoms with Gasteiger partial charge in [-0.25, -0.2) is 4.79 Å². The number of nitrogens with one attached hydrogen (secondary N) is 1. The highest BCUT2D eigenvalue weighted by Crippen LogP contribution is 2.27. The first-order valence-electron chi connectivity index (χ1n) is 5.46. The minimum atomic E-state index is -1.66. The maximum atomic E-state index is 11.4. The quantitative estimate of drug-likeness (QED) is 0.689. The summed E-state index contributed by atoms with van der Waals surface area (Å²) >= 11 is 0. The summed E-state index contributed by atoms with van der Waals surface area (Å²) in [5.74, 6) is -3.56. The molecule has 19 heavy (non-hydrogen) atoms. The van der Waals surface area contributed by atoms with Crippen LogP contribution in [0.3, 0.4) is 0 Å². The van der Waals surface area contributed by atoms with Gasteiger partial charge in [-0.1, -0.05) is 6.07 Å². The summed E-state index contributed by atoms with van der Waals surface area (Å²) in [5.41, 5.74) is 5.16. The van der Waals surface area contributed by atoms with Gasteiger partial charge in [-0.3, -0.25) is 9.59 Å². The molecular weight excluding hydrogens is 252 g/mol. The Hall–Kier alpha value is -2.57. The molecule has 0 aliphatic carbocycles. The number of benzene rings is 1. The molecule has 0 fully saturated rings. The van der Waals surface area contributed by atoms with Crippen LogP contribution in [0.1, 0.15) is 24.2 Å². The summed E-state index contributed by atoms with van der Waals surface area (Å²) in [6, 6.07) is 4.40. The Morgan fingerprint density at radius 2 is 1.95 bits per heavy atom. The Morgan fingerprint density at radius 1 is 1.32 bits per heavy atom. The van der Waals surface area contributed by atoms with Crippen molar-refractivity contribution in [1.29, 1.82) is 0 Å². The smallest absolute Gasteiger partial charge is 0.394 e. The van der Waals surface area contributed by atoms with E-state index in [1.54, 1.807) is 13.8 Å². The second-order valence-corrected chi connectivity index (χ2v) is 3.97. The molecule has 0 aliphatic rings. The molecule has 0 atom stereocenters. The van der Waals surface area contributed by atoms with Gasteiger partial charge in [-0.15, -0.1) is 0 Å². The van der Waals surface area contributed by atoms with Crippen molar-refractivity contribution in [3.63, 3.8) is 0 Å². The molecule has 7 nitrogen and oxygen atoms in total. The molecule has 0 heterocycles. The van der Waals surface area contributed by atoms with Crippen molar-refractivity contribution in [3.8, 4) is 5.75 Å². The number of carbonyl (C=O) groups excluding carboxylic acids is 2. The highest BCUT2D eigenvalue weighted by Gasteiger charge is 2.19. The third kappa shape index (κ3) is 3.70. The third-order valence-electron chi connectivity index (χ3n) is 2.08. The van der Waals surface area contributed by atoms with Gasteiger partial charge in [-0.05, 0) is 26.0 Å². The second-order valence-electron chi connectivity index (χ2n) is 3.97. The second kappa shape index (κ2) is 5.85. The van der Waals surface area contributed by atoms with E-state index in [4.69, 9.17) is 15.6 Å². The number of hydrogen-bond donors (Lipinski definition) is 3. The molecule has 0 saturated heterocycles. The lowest BCUT2D eigenvalue weighted by Gasteiger charge is -2.15. The number of rotatable bonds is 4. The predicted octanol–water partition coefficient (Wildman–Crippen LogP) is 0.596. The third-order valence-corrected chi connectivity index (χ3v) is 2.08.